The Morgan fingerprint density at radius 3 is 2.40 bits per heavy atom. The summed E-state index contributed by atoms with van der Waals surface area (Å²) in [6, 6.07) is 6.67. The summed E-state index contributed by atoms with van der Waals surface area (Å²) in [5.74, 6) is -0.518. The smallest absolute Gasteiger partial charge is 0.240 e. The molecule has 1 aromatic carbocycles. The number of β-amino-alcohol motifs (C(OH)–C–C–N with tert-alkyl or cyclic N) is 1. The highest BCUT2D eigenvalue weighted by atomic mass is 16.3. The molecule has 0 saturated carbocycles. The second kappa shape index (κ2) is 8.25. The molecule has 3 N–H and O–H groups in total. The quantitative estimate of drug-likeness (QED) is 0.727. The van der Waals surface area contributed by atoms with Crippen LogP contribution in [-0.2, 0) is 16.0 Å². The van der Waals surface area contributed by atoms with E-state index in [0.29, 0.717) is 11.5 Å². The number of aliphatic hydroxyl groups excluding tert-OH is 1. The summed E-state index contributed by atoms with van der Waals surface area (Å²) >= 11 is 0. The lowest BCUT2D eigenvalue weighted by Gasteiger charge is -2.21. The molecular weight excluding hydrogens is 320 g/mol. The van der Waals surface area contributed by atoms with Gasteiger partial charge in [0.15, 0.2) is 5.78 Å². The molecule has 1 heterocycles. The van der Waals surface area contributed by atoms with Crippen LogP contribution in [0, 0.1) is 5.92 Å². The number of carbonyl (C=O) groups is 3. The Labute approximate surface area is 148 Å². The molecule has 1 aliphatic heterocycles. The third kappa shape index (κ3) is 5.13. The number of nitrogens with two attached hydrogens (primary N) is 1. The molecule has 0 unspecified atom stereocenters. The van der Waals surface area contributed by atoms with Crippen LogP contribution in [0.15, 0.2) is 24.3 Å². The Bertz CT molecular complexity index is 639. The Hall–Kier alpha value is -2.21. The zero-order valence-corrected chi connectivity index (χ0v) is 14.8. The van der Waals surface area contributed by atoms with Gasteiger partial charge in [-0.3, -0.25) is 14.4 Å². The first-order valence-electron chi connectivity index (χ1n) is 8.67. The van der Waals surface area contributed by atoms with E-state index in [1.807, 2.05) is 12.1 Å². The predicted octanol–water partition coefficient (Wildman–Crippen LogP) is 1.30. The number of primary amides is 1. The zero-order valence-electron chi connectivity index (χ0n) is 14.8. The Morgan fingerprint density at radius 2 is 1.84 bits per heavy atom. The van der Waals surface area contributed by atoms with E-state index in [1.165, 1.54) is 10.5 Å². The van der Waals surface area contributed by atoms with Gasteiger partial charge in [0.25, 0.3) is 0 Å². The Morgan fingerprint density at radius 1 is 1.20 bits per heavy atom. The van der Waals surface area contributed by atoms with Gasteiger partial charge in [-0.2, -0.15) is 0 Å². The van der Waals surface area contributed by atoms with Crippen molar-refractivity contribution in [3.63, 3.8) is 0 Å². The van der Waals surface area contributed by atoms with Crippen LogP contribution >= 0.6 is 0 Å². The number of benzene rings is 1. The van der Waals surface area contributed by atoms with E-state index in [4.69, 9.17) is 5.73 Å². The molecule has 0 aliphatic carbocycles. The second-order valence-corrected chi connectivity index (χ2v) is 7.07. The van der Waals surface area contributed by atoms with E-state index in [-0.39, 0.29) is 37.5 Å². The summed E-state index contributed by atoms with van der Waals surface area (Å²) in [6.45, 7) is 4.36. The molecule has 1 aliphatic rings. The maximum absolute atomic E-state index is 12.3. The molecule has 25 heavy (non-hydrogen) atoms. The van der Waals surface area contributed by atoms with Gasteiger partial charge in [-0.25, -0.2) is 0 Å². The van der Waals surface area contributed by atoms with E-state index in [0.717, 1.165) is 6.42 Å². The summed E-state index contributed by atoms with van der Waals surface area (Å²) in [5.41, 5.74) is 7.03. The molecule has 1 aromatic rings. The number of Topliss-reactive ketones (excluding diaryl/α,β-unsaturated/α-hetero) is 1. The molecule has 2 amide bonds. The minimum Gasteiger partial charge on any atom is -0.391 e. The molecule has 6 nitrogen and oxygen atoms in total. The van der Waals surface area contributed by atoms with Gasteiger partial charge >= 0.3 is 0 Å². The lowest BCUT2D eigenvalue weighted by Crippen LogP contribution is -2.43. The van der Waals surface area contributed by atoms with Gasteiger partial charge in [0, 0.05) is 31.4 Å². The lowest BCUT2D eigenvalue weighted by atomic mass is 9.99. The predicted molar refractivity (Wildman–Crippen MR) is 93.9 cm³/mol. The number of ketones is 1. The number of hydrogen-bond donors (Lipinski definition) is 2. The third-order valence-corrected chi connectivity index (χ3v) is 4.41. The molecular formula is C19H26N2O4. The average molecular weight is 346 g/mol. The standard InChI is InChI=1S/C19H26N2O4/c1-12(2)9-13-3-5-14(6-4-13)17(23)7-8-18(24)21-11-15(22)10-16(21)19(20)25/h3-6,12,15-16,22H,7-11H2,1-2H3,(H2,20,25)/t15-,16+/m1/s1. The van der Waals surface area contributed by atoms with Gasteiger partial charge in [-0.1, -0.05) is 38.1 Å². The van der Waals surface area contributed by atoms with Crippen molar-refractivity contribution < 1.29 is 19.5 Å². The van der Waals surface area contributed by atoms with E-state index in [9.17, 15) is 19.5 Å². The van der Waals surface area contributed by atoms with Gasteiger partial charge in [0.2, 0.25) is 11.8 Å². The number of nitrogens with zero attached hydrogens (tertiary/aromatic N) is 1. The number of amides is 2. The largest absolute Gasteiger partial charge is 0.391 e. The molecule has 2 atom stereocenters. The summed E-state index contributed by atoms with van der Waals surface area (Å²) in [7, 11) is 0. The van der Waals surface area contributed by atoms with Crippen LogP contribution in [0.3, 0.4) is 0 Å². The van der Waals surface area contributed by atoms with Crippen molar-refractivity contribution in [1.82, 2.24) is 4.90 Å². The Balaban J connectivity index is 1.90. The lowest BCUT2D eigenvalue weighted by molar-refractivity contribution is -0.137. The molecule has 0 radical (unpaired) electrons. The van der Waals surface area contributed by atoms with E-state index >= 15 is 0 Å². The molecule has 1 fully saturated rings. The minimum atomic E-state index is -0.784. The van der Waals surface area contributed by atoms with Gasteiger partial charge < -0.3 is 15.7 Å². The fourth-order valence-corrected chi connectivity index (χ4v) is 3.17. The van der Waals surface area contributed by atoms with Gasteiger partial charge in [-0.15, -0.1) is 0 Å². The first kappa shape index (κ1) is 19.1. The summed E-state index contributed by atoms with van der Waals surface area (Å²) in [4.78, 5) is 37.2. The fraction of sp³-hybridized carbons (Fsp3) is 0.526. The highest BCUT2D eigenvalue weighted by Gasteiger charge is 2.37. The highest BCUT2D eigenvalue weighted by molar-refractivity contribution is 5.98. The van der Waals surface area contributed by atoms with Crippen molar-refractivity contribution in [2.45, 2.75) is 51.7 Å². The first-order chi connectivity index (χ1) is 11.8. The van der Waals surface area contributed by atoms with E-state index in [2.05, 4.69) is 13.8 Å². The SMILES string of the molecule is CC(C)Cc1ccc(C(=O)CCC(=O)N2C[C@H](O)C[C@H]2C(N)=O)cc1. The van der Waals surface area contributed by atoms with Gasteiger partial charge in [-0.05, 0) is 17.9 Å². The number of aliphatic hydroxyl groups is 1. The van der Waals surface area contributed by atoms with Crippen molar-refractivity contribution in [2.75, 3.05) is 6.54 Å². The van der Waals surface area contributed by atoms with Crippen molar-refractivity contribution in [3.05, 3.63) is 35.4 Å². The van der Waals surface area contributed by atoms with Crippen molar-refractivity contribution >= 4 is 17.6 Å². The maximum atomic E-state index is 12.3. The summed E-state index contributed by atoms with van der Waals surface area (Å²) in [6.07, 6.45) is 0.444. The van der Waals surface area contributed by atoms with Crippen LogP contribution in [0.2, 0.25) is 0 Å². The monoisotopic (exact) mass is 346 g/mol. The van der Waals surface area contributed by atoms with Crippen LogP contribution in [-0.4, -0.2) is 46.3 Å². The van der Waals surface area contributed by atoms with Gasteiger partial charge in [0.05, 0.1) is 6.10 Å². The van der Waals surface area contributed by atoms with E-state index < -0.39 is 18.1 Å². The number of hydrogen-bond acceptors (Lipinski definition) is 4. The summed E-state index contributed by atoms with van der Waals surface area (Å²) in [5, 5.41) is 9.64. The van der Waals surface area contributed by atoms with Crippen LogP contribution in [0.4, 0.5) is 0 Å². The average Bonchev–Trinajstić information content (AvgIpc) is 2.94. The molecule has 136 valence electrons. The summed E-state index contributed by atoms with van der Waals surface area (Å²) < 4.78 is 0. The van der Waals surface area contributed by atoms with E-state index in [1.54, 1.807) is 12.1 Å². The number of carbonyl (C=O) groups excluding carboxylic acids is 3. The second-order valence-electron chi connectivity index (χ2n) is 7.07. The van der Waals surface area contributed by atoms with Crippen LogP contribution in [0.5, 0.6) is 0 Å². The zero-order chi connectivity index (χ0) is 18.6. The molecule has 0 bridgehead atoms. The molecule has 1 saturated heterocycles. The highest BCUT2D eigenvalue weighted by Crippen LogP contribution is 2.20. The number of likely N-dealkylation sites (tertiary alicyclic amines) is 1. The van der Waals surface area contributed by atoms with Crippen LogP contribution < -0.4 is 5.73 Å². The van der Waals surface area contributed by atoms with Gasteiger partial charge in [0.1, 0.15) is 6.04 Å². The fourth-order valence-electron chi connectivity index (χ4n) is 3.17. The normalized spacial score (nSPS) is 20.1. The Kier molecular flexibility index (Phi) is 6.31. The van der Waals surface area contributed by atoms with Crippen LogP contribution in [0.25, 0.3) is 0 Å². The van der Waals surface area contributed by atoms with Crippen LogP contribution in [0.1, 0.15) is 49.0 Å². The molecule has 2 rings (SSSR count). The molecule has 0 aromatic heterocycles. The third-order valence-electron chi connectivity index (χ3n) is 4.41. The van der Waals surface area contributed by atoms with Crippen molar-refractivity contribution in [1.29, 1.82) is 0 Å². The maximum Gasteiger partial charge on any atom is 0.240 e. The number of rotatable bonds is 7. The van der Waals surface area contributed by atoms with Crippen molar-refractivity contribution in [3.8, 4) is 0 Å². The minimum absolute atomic E-state index is 0.00305. The topological polar surface area (TPSA) is 101 Å². The molecule has 0 spiro atoms. The first-order valence-corrected chi connectivity index (χ1v) is 8.67. The van der Waals surface area contributed by atoms with Crippen molar-refractivity contribution in [2.24, 2.45) is 11.7 Å². The molecule has 6 heteroatoms.